The van der Waals surface area contributed by atoms with E-state index in [0.717, 1.165) is 25.2 Å². The highest BCUT2D eigenvalue weighted by Crippen LogP contribution is 2.15. The van der Waals surface area contributed by atoms with Crippen LogP contribution < -0.4 is 5.32 Å². The number of nitrogens with one attached hydrogen (secondary N) is 1. The smallest absolute Gasteiger partial charge is 0.123 e. The van der Waals surface area contributed by atoms with Crippen molar-refractivity contribution in [3.8, 4) is 0 Å². The second-order valence-corrected chi connectivity index (χ2v) is 4.68. The van der Waals surface area contributed by atoms with Crippen LogP contribution in [-0.2, 0) is 6.54 Å². The summed E-state index contributed by atoms with van der Waals surface area (Å²) in [4.78, 5) is 2.53. The average Bonchev–Trinajstić information content (AvgIpc) is 2.79. The first-order valence-corrected chi connectivity index (χ1v) is 6.49. The Morgan fingerprint density at radius 3 is 2.82 bits per heavy atom. The Labute approximate surface area is 103 Å². The average molecular weight is 236 g/mol. The quantitative estimate of drug-likeness (QED) is 0.844. The number of benzene rings is 1. The number of likely N-dealkylation sites (tertiary alicyclic amines) is 1. The molecule has 1 fully saturated rings. The molecule has 0 spiro atoms. The molecule has 0 aliphatic carbocycles. The van der Waals surface area contributed by atoms with Gasteiger partial charge in [0.1, 0.15) is 5.82 Å². The maximum absolute atomic E-state index is 12.7. The molecule has 1 heterocycles. The topological polar surface area (TPSA) is 15.3 Å². The van der Waals surface area contributed by atoms with Crippen LogP contribution in [-0.4, -0.2) is 30.6 Å². The van der Waals surface area contributed by atoms with Crippen molar-refractivity contribution in [3.63, 3.8) is 0 Å². The lowest BCUT2D eigenvalue weighted by atomic mass is 10.2. The third kappa shape index (κ3) is 3.51. The minimum absolute atomic E-state index is 0.165. The molecule has 94 valence electrons. The van der Waals surface area contributed by atoms with Crippen molar-refractivity contribution in [1.82, 2.24) is 10.2 Å². The summed E-state index contributed by atoms with van der Waals surface area (Å²) in [5.41, 5.74) is 1.15. The molecule has 2 nitrogen and oxygen atoms in total. The van der Waals surface area contributed by atoms with E-state index in [9.17, 15) is 4.39 Å². The van der Waals surface area contributed by atoms with E-state index in [-0.39, 0.29) is 5.82 Å². The fourth-order valence-electron chi connectivity index (χ4n) is 2.53. The summed E-state index contributed by atoms with van der Waals surface area (Å²) in [5.74, 6) is -0.165. The van der Waals surface area contributed by atoms with Crippen molar-refractivity contribution in [2.75, 3.05) is 19.6 Å². The summed E-state index contributed by atoms with van der Waals surface area (Å²) in [6, 6.07) is 7.40. The largest absolute Gasteiger partial charge is 0.311 e. The molecule has 1 atom stereocenters. The molecule has 1 N–H and O–H groups in total. The van der Waals surface area contributed by atoms with E-state index in [1.807, 2.05) is 12.1 Å². The van der Waals surface area contributed by atoms with Crippen LogP contribution in [0.25, 0.3) is 0 Å². The number of hydrogen-bond acceptors (Lipinski definition) is 2. The van der Waals surface area contributed by atoms with Gasteiger partial charge in [-0.15, -0.1) is 0 Å². The molecule has 2 rings (SSSR count). The second kappa shape index (κ2) is 6.12. The highest BCUT2D eigenvalue weighted by molar-refractivity contribution is 5.15. The molecule has 1 saturated heterocycles. The van der Waals surface area contributed by atoms with Gasteiger partial charge in [-0.1, -0.05) is 19.1 Å². The molecule has 1 unspecified atom stereocenters. The Morgan fingerprint density at radius 1 is 1.35 bits per heavy atom. The van der Waals surface area contributed by atoms with Crippen LogP contribution in [0.2, 0.25) is 0 Å². The van der Waals surface area contributed by atoms with E-state index in [2.05, 4.69) is 17.1 Å². The maximum atomic E-state index is 12.7. The SMILES string of the molecule is CCN1CCCC1CNCc1ccc(F)cc1. The predicted molar refractivity (Wildman–Crippen MR) is 68.4 cm³/mol. The van der Waals surface area contributed by atoms with Crippen LogP contribution in [0.1, 0.15) is 25.3 Å². The second-order valence-electron chi connectivity index (χ2n) is 4.68. The lowest BCUT2D eigenvalue weighted by molar-refractivity contribution is 0.260. The molecule has 0 radical (unpaired) electrons. The molecule has 3 heteroatoms. The van der Waals surface area contributed by atoms with Gasteiger partial charge in [0.25, 0.3) is 0 Å². The fraction of sp³-hybridized carbons (Fsp3) is 0.571. The van der Waals surface area contributed by atoms with Crippen molar-refractivity contribution in [1.29, 1.82) is 0 Å². The van der Waals surface area contributed by atoms with Gasteiger partial charge in [0.2, 0.25) is 0 Å². The van der Waals surface area contributed by atoms with Crippen LogP contribution in [0, 0.1) is 5.82 Å². The molecule has 0 saturated carbocycles. The lowest BCUT2D eigenvalue weighted by Gasteiger charge is -2.22. The van der Waals surface area contributed by atoms with Gasteiger partial charge in [-0.2, -0.15) is 0 Å². The Hall–Kier alpha value is -0.930. The van der Waals surface area contributed by atoms with Crippen LogP contribution in [0.3, 0.4) is 0 Å². The first-order chi connectivity index (χ1) is 8.29. The lowest BCUT2D eigenvalue weighted by Crippen LogP contribution is -2.37. The minimum Gasteiger partial charge on any atom is -0.311 e. The number of halogens is 1. The Balaban J connectivity index is 1.74. The van der Waals surface area contributed by atoms with Crippen LogP contribution in [0.4, 0.5) is 4.39 Å². The van der Waals surface area contributed by atoms with E-state index in [0.29, 0.717) is 6.04 Å². The highest BCUT2D eigenvalue weighted by atomic mass is 19.1. The highest BCUT2D eigenvalue weighted by Gasteiger charge is 2.21. The third-order valence-corrected chi connectivity index (χ3v) is 3.53. The van der Waals surface area contributed by atoms with Gasteiger partial charge >= 0.3 is 0 Å². The van der Waals surface area contributed by atoms with Crippen LogP contribution in [0.15, 0.2) is 24.3 Å². The van der Waals surface area contributed by atoms with Crippen LogP contribution >= 0.6 is 0 Å². The molecule has 1 aliphatic rings. The first kappa shape index (κ1) is 12.5. The molecular formula is C14H21FN2. The Bertz CT molecular complexity index is 337. The summed E-state index contributed by atoms with van der Waals surface area (Å²) in [7, 11) is 0. The molecule has 0 bridgehead atoms. The summed E-state index contributed by atoms with van der Waals surface area (Å²) < 4.78 is 12.7. The number of likely N-dealkylation sites (N-methyl/N-ethyl adjacent to an activating group) is 1. The van der Waals surface area contributed by atoms with Gasteiger partial charge in [0.15, 0.2) is 0 Å². The number of rotatable bonds is 5. The van der Waals surface area contributed by atoms with Crippen molar-refractivity contribution in [2.45, 2.75) is 32.4 Å². The van der Waals surface area contributed by atoms with E-state index >= 15 is 0 Å². The summed E-state index contributed by atoms with van der Waals surface area (Å²) >= 11 is 0. The van der Waals surface area contributed by atoms with Gasteiger partial charge < -0.3 is 5.32 Å². The van der Waals surface area contributed by atoms with E-state index in [1.165, 1.54) is 31.5 Å². The van der Waals surface area contributed by atoms with Gasteiger partial charge in [0, 0.05) is 19.1 Å². The summed E-state index contributed by atoms with van der Waals surface area (Å²) in [6.45, 7) is 6.46. The Morgan fingerprint density at radius 2 is 2.12 bits per heavy atom. The van der Waals surface area contributed by atoms with Gasteiger partial charge in [-0.25, -0.2) is 4.39 Å². The molecule has 1 aromatic carbocycles. The zero-order valence-corrected chi connectivity index (χ0v) is 10.5. The van der Waals surface area contributed by atoms with Gasteiger partial charge in [0.05, 0.1) is 0 Å². The van der Waals surface area contributed by atoms with Crippen LogP contribution in [0.5, 0.6) is 0 Å². The molecule has 17 heavy (non-hydrogen) atoms. The maximum Gasteiger partial charge on any atom is 0.123 e. The molecule has 0 amide bonds. The monoisotopic (exact) mass is 236 g/mol. The normalized spacial score (nSPS) is 20.9. The van der Waals surface area contributed by atoms with Crippen molar-refractivity contribution >= 4 is 0 Å². The van der Waals surface area contributed by atoms with Crippen molar-refractivity contribution < 1.29 is 4.39 Å². The Kier molecular flexibility index (Phi) is 4.51. The molecular weight excluding hydrogens is 215 g/mol. The van der Waals surface area contributed by atoms with Gasteiger partial charge in [-0.3, -0.25) is 4.90 Å². The minimum atomic E-state index is -0.165. The van der Waals surface area contributed by atoms with E-state index in [4.69, 9.17) is 0 Å². The fourth-order valence-corrected chi connectivity index (χ4v) is 2.53. The number of hydrogen-bond donors (Lipinski definition) is 1. The molecule has 0 aromatic heterocycles. The van der Waals surface area contributed by atoms with Crippen molar-refractivity contribution in [3.05, 3.63) is 35.6 Å². The number of nitrogens with zero attached hydrogens (tertiary/aromatic N) is 1. The van der Waals surface area contributed by atoms with Crippen molar-refractivity contribution in [2.24, 2.45) is 0 Å². The zero-order valence-electron chi connectivity index (χ0n) is 10.5. The van der Waals surface area contributed by atoms with E-state index in [1.54, 1.807) is 0 Å². The summed E-state index contributed by atoms with van der Waals surface area (Å²) in [5, 5.41) is 3.46. The third-order valence-electron chi connectivity index (χ3n) is 3.53. The molecule has 1 aromatic rings. The standard InChI is InChI=1S/C14H21FN2/c1-2-17-9-3-4-14(17)11-16-10-12-5-7-13(15)8-6-12/h5-8,14,16H,2-4,9-11H2,1H3. The predicted octanol–water partition coefficient (Wildman–Crippen LogP) is 2.40. The molecule has 1 aliphatic heterocycles. The van der Waals surface area contributed by atoms with E-state index < -0.39 is 0 Å². The first-order valence-electron chi connectivity index (χ1n) is 6.49. The summed E-state index contributed by atoms with van der Waals surface area (Å²) in [6.07, 6.45) is 2.61. The van der Waals surface area contributed by atoms with Gasteiger partial charge in [-0.05, 0) is 43.6 Å². The zero-order chi connectivity index (χ0) is 12.1.